The average Bonchev–Trinajstić information content (AvgIpc) is 3.13. The number of amides is 1. The number of nitrogens with zero attached hydrogens (tertiary/aromatic N) is 2. The Labute approximate surface area is 143 Å². The molecule has 0 N–H and O–H groups in total. The van der Waals surface area contributed by atoms with Crippen LogP contribution in [-0.2, 0) is 21.2 Å². The van der Waals surface area contributed by atoms with E-state index in [0.717, 1.165) is 5.56 Å². The van der Waals surface area contributed by atoms with Crippen molar-refractivity contribution in [3.8, 4) is 11.5 Å². The molecular formula is C15H16N2O5S2. The molecule has 1 amide bonds. The Hall–Kier alpha value is -1.74. The van der Waals surface area contributed by atoms with Crippen molar-refractivity contribution in [3.05, 3.63) is 23.8 Å². The highest BCUT2D eigenvalue weighted by Crippen LogP contribution is 2.40. The predicted molar refractivity (Wildman–Crippen MR) is 90.0 cm³/mol. The fraction of sp³-hybridized carbons (Fsp3) is 0.467. The molecule has 2 saturated heterocycles. The Bertz CT molecular complexity index is 836. The molecule has 3 aliphatic rings. The van der Waals surface area contributed by atoms with Gasteiger partial charge in [-0.2, -0.15) is 4.99 Å². The number of carbonyl (C=O) groups excluding carboxylic acids is 1. The number of amidine groups is 1. The molecule has 1 aromatic rings. The molecule has 24 heavy (non-hydrogen) atoms. The van der Waals surface area contributed by atoms with E-state index in [4.69, 9.17) is 9.47 Å². The van der Waals surface area contributed by atoms with Crippen molar-refractivity contribution in [2.75, 3.05) is 18.3 Å². The Morgan fingerprint density at radius 2 is 2.12 bits per heavy atom. The summed E-state index contributed by atoms with van der Waals surface area (Å²) in [5, 5.41) is 0.534. The monoisotopic (exact) mass is 368 g/mol. The molecule has 2 atom stereocenters. The molecule has 0 spiro atoms. The highest BCUT2D eigenvalue weighted by atomic mass is 32.2. The van der Waals surface area contributed by atoms with E-state index in [1.165, 1.54) is 18.7 Å². The molecule has 0 radical (unpaired) electrons. The summed E-state index contributed by atoms with van der Waals surface area (Å²) < 4.78 is 34.6. The highest BCUT2D eigenvalue weighted by molar-refractivity contribution is 8.15. The molecule has 7 nitrogen and oxygen atoms in total. The van der Waals surface area contributed by atoms with Crippen molar-refractivity contribution in [2.45, 2.75) is 24.8 Å². The number of carbonyl (C=O) groups is 1. The molecule has 0 unspecified atom stereocenters. The van der Waals surface area contributed by atoms with Gasteiger partial charge in [-0.3, -0.25) is 4.79 Å². The van der Waals surface area contributed by atoms with E-state index in [0.29, 0.717) is 23.2 Å². The van der Waals surface area contributed by atoms with Crippen molar-refractivity contribution in [1.29, 1.82) is 0 Å². The van der Waals surface area contributed by atoms with Crippen molar-refractivity contribution in [1.82, 2.24) is 4.90 Å². The molecule has 0 aromatic heterocycles. The smallest absolute Gasteiger partial charge is 0.244 e. The number of hydrogen-bond acceptors (Lipinski definition) is 6. The first kappa shape index (κ1) is 15.8. The fourth-order valence-corrected chi connectivity index (χ4v) is 7.19. The van der Waals surface area contributed by atoms with Crippen molar-refractivity contribution < 1.29 is 22.7 Å². The minimum absolute atomic E-state index is 0.0675. The third-order valence-corrected chi connectivity index (χ3v) is 7.47. The van der Waals surface area contributed by atoms with Gasteiger partial charge in [0.1, 0.15) is 0 Å². The summed E-state index contributed by atoms with van der Waals surface area (Å²) in [5.74, 6) is 1.34. The van der Waals surface area contributed by atoms with Gasteiger partial charge in [0, 0.05) is 18.7 Å². The minimum atomic E-state index is -3.04. The Kier molecular flexibility index (Phi) is 3.72. The van der Waals surface area contributed by atoms with Crippen molar-refractivity contribution >= 4 is 32.7 Å². The normalized spacial score (nSPS) is 28.4. The van der Waals surface area contributed by atoms with Crippen molar-refractivity contribution in [2.24, 2.45) is 4.99 Å². The summed E-state index contributed by atoms with van der Waals surface area (Å²) in [6.45, 7) is 2.09. The molecule has 128 valence electrons. The Morgan fingerprint density at radius 3 is 2.92 bits per heavy atom. The van der Waals surface area contributed by atoms with Crippen LogP contribution < -0.4 is 9.47 Å². The molecule has 0 aliphatic carbocycles. The second kappa shape index (κ2) is 5.66. The van der Waals surface area contributed by atoms with Crippen LogP contribution in [0.2, 0.25) is 0 Å². The number of rotatable bonds is 2. The van der Waals surface area contributed by atoms with Gasteiger partial charge >= 0.3 is 0 Å². The maximum Gasteiger partial charge on any atom is 0.244 e. The fourth-order valence-electron chi connectivity index (χ4n) is 3.19. The van der Waals surface area contributed by atoms with Crippen LogP contribution in [0.25, 0.3) is 0 Å². The topological polar surface area (TPSA) is 85.3 Å². The Balaban J connectivity index is 1.63. The lowest BCUT2D eigenvalue weighted by Gasteiger charge is -2.24. The average molecular weight is 368 g/mol. The van der Waals surface area contributed by atoms with Gasteiger partial charge in [0.05, 0.1) is 17.5 Å². The number of benzene rings is 1. The van der Waals surface area contributed by atoms with E-state index in [9.17, 15) is 13.2 Å². The van der Waals surface area contributed by atoms with Crippen LogP contribution in [0.15, 0.2) is 23.2 Å². The van der Waals surface area contributed by atoms with Gasteiger partial charge in [-0.1, -0.05) is 17.8 Å². The molecular weight excluding hydrogens is 352 g/mol. The van der Waals surface area contributed by atoms with Gasteiger partial charge in [0.2, 0.25) is 12.7 Å². The lowest BCUT2D eigenvalue weighted by atomic mass is 10.1. The predicted octanol–water partition coefficient (Wildman–Crippen LogP) is 1.03. The van der Waals surface area contributed by atoms with Crippen LogP contribution in [-0.4, -0.2) is 54.0 Å². The standard InChI is InChI=1S/C15H16N2O5S2/c1-9(18)16-15-17(11-6-24(19,20)7-14(11)23-15)5-10-2-3-12-13(4-10)22-8-21-12/h2-4,11,14H,5-8H2,1H3/t11-,14-/m1/s1. The molecule has 3 aliphatic heterocycles. The number of sulfone groups is 1. The lowest BCUT2D eigenvalue weighted by Crippen LogP contribution is -2.37. The van der Waals surface area contributed by atoms with Gasteiger partial charge in [0.15, 0.2) is 26.5 Å². The number of fused-ring (bicyclic) bond motifs is 2. The molecule has 1 aromatic carbocycles. The summed E-state index contributed by atoms with van der Waals surface area (Å²) in [7, 11) is -3.04. The second-order valence-corrected chi connectivity index (χ2v) is 9.39. The van der Waals surface area contributed by atoms with Gasteiger partial charge in [0.25, 0.3) is 0 Å². The molecule has 2 fully saturated rings. The van der Waals surface area contributed by atoms with Crippen LogP contribution in [0.5, 0.6) is 11.5 Å². The van der Waals surface area contributed by atoms with Crippen LogP contribution in [0.3, 0.4) is 0 Å². The van der Waals surface area contributed by atoms with E-state index in [-0.39, 0.29) is 35.5 Å². The highest BCUT2D eigenvalue weighted by Gasteiger charge is 2.48. The van der Waals surface area contributed by atoms with Crippen LogP contribution in [0.4, 0.5) is 0 Å². The van der Waals surface area contributed by atoms with Crippen LogP contribution in [0, 0.1) is 0 Å². The van der Waals surface area contributed by atoms with Crippen LogP contribution in [0.1, 0.15) is 12.5 Å². The first-order valence-corrected chi connectivity index (χ1v) is 10.2. The summed E-state index contributed by atoms with van der Waals surface area (Å²) >= 11 is 1.38. The Morgan fingerprint density at radius 1 is 1.33 bits per heavy atom. The minimum Gasteiger partial charge on any atom is -0.454 e. The van der Waals surface area contributed by atoms with E-state index >= 15 is 0 Å². The molecule has 0 saturated carbocycles. The van der Waals surface area contributed by atoms with Gasteiger partial charge in [-0.25, -0.2) is 8.42 Å². The third-order valence-electron chi connectivity index (χ3n) is 4.22. The largest absolute Gasteiger partial charge is 0.454 e. The zero-order valence-corrected chi connectivity index (χ0v) is 14.6. The lowest BCUT2D eigenvalue weighted by molar-refractivity contribution is -0.115. The van der Waals surface area contributed by atoms with Crippen LogP contribution >= 0.6 is 11.8 Å². The van der Waals surface area contributed by atoms with Gasteiger partial charge in [-0.15, -0.1) is 0 Å². The number of thioether (sulfide) groups is 1. The second-order valence-electron chi connectivity index (χ2n) is 6.03. The zero-order valence-electron chi connectivity index (χ0n) is 13.0. The maximum atomic E-state index is 11.9. The summed E-state index contributed by atoms with van der Waals surface area (Å²) in [4.78, 5) is 17.4. The van der Waals surface area contributed by atoms with E-state index in [2.05, 4.69) is 4.99 Å². The van der Waals surface area contributed by atoms with Crippen molar-refractivity contribution in [3.63, 3.8) is 0 Å². The zero-order chi connectivity index (χ0) is 16.9. The SMILES string of the molecule is CC(=O)N=C1S[C@@H]2CS(=O)(=O)C[C@H]2N1Cc1ccc2c(c1)OCO2. The first-order chi connectivity index (χ1) is 11.4. The summed E-state index contributed by atoms with van der Waals surface area (Å²) in [5.41, 5.74) is 0.959. The summed E-state index contributed by atoms with van der Waals surface area (Å²) in [6, 6.07) is 5.49. The number of hydrogen-bond donors (Lipinski definition) is 0. The van der Waals surface area contributed by atoms with E-state index in [1.54, 1.807) is 0 Å². The number of aliphatic imine (C=N–C) groups is 1. The van der Waals surface area contributed by atoms with E-state index in [1.807, 2.05) is 23.1 Å². The molecule has 4 rings (SSSR count). The molecule has 3 heterocycles. The maximum absolute atomic E-state index is 11.9. The molecule has 0 bridgehead atoms. The number of ether oxygens (including phenoxy) is 2. The van der Waals surface area contributed by atoms with Gasteiger partial charge < -0.3 is 14.4 Å². The third kappa shape index (κ3) is 2.86. The molecule has 9 heteroatoms. The quantitative estimate of drug-likeness (QED) is 0.771. The summed E-state index contributed by atoms with van der Waals surface area (Å²) in [6.07, 6.45) is 0. The van der Waals surface area contributed by atoms with E-state index < -0.39 is 9.84 Å². The van der Waals surface area contributed by atoms with Gasteiger partial charge in [-0.05, 0) is 17.7 Å². The first-order valence-electron chi connectivity index (χ1n) is 7.53.